The number of carboxylic acid groups (broad SMARTS) is 1. The number of H-pyrrole nitrogens is 1. The minimum atomic E-state index is -2.94. The average molecular weight is 182 g/mol. The molecule has 3 heteroatoms. The summed E-state index contributed by atoms with van der Waals surface area (Å²) in [7, 11) is 0. The largest absolute Gasteiger partial charge is 0.481 e. The number of rotatable bonds is 2. The number of hydrogen-bond donors (Lipinski definition) is 2. The molecule has 0 atom stereocenters. The third-order valence-corrected chi connectivity index (χ3v) is 1.48. The molecule has 1 aromatic carbocycles. The normalized spacial score (nSPS) is 19.2. The Morgan fingerprint density at radius 3 is 3.15 bits per heavy atom. The number of aromatic nitrogens is 1. The van der Waals surface area contributed by atoms with Gasteiger partial charge in [0.05, 0.1) is 13.2 Å². The van der Waals surface area contributed by atoms with Crippen LogP contribution in [-0.4, -0.2) is 16.1 Å². The van der Waals surface area contributed by atoms with Gasteiger partial charge in [0.15, 0.2) is 0 Å². The van der Waals surface area contributed by atoms with Gasteiger partial charge in [-0.2, -0.15) is 0 Å². The van der Waals surface area contributed by atoms with Gasteiger partial charge in [-0.25, -0.2) is 0 Å². The van der Waals surface area contributed by atoms with Crippen molar-refractivity contribution >= 4 is 16.9 Å². The van der Waals surface area contributed by atoms with E-state index in [0.29, 0.717) is 0 Å². The Balaban J connectivity index is 3.02. The van der Waals surface area contributed by atoms with E-state index in [4.69, 9.17) is 14.7 Å². The monoisotopic (exact) mass is 182 g/mol. The van der Waals surface area contributed by atoms with Crippen LogP contribution in [0.25, 0.3) is 10.9 Å². The lowest BCUT2D eigenvalue weighted by molar-refractivity contribution is -0.136. The highest BCUT2D eigenvalue weighted by molar-refractivity contribution is 5.86. The lowest BCUT2D eigenvalue weighted by Crippen LogP contribution is -1.98. The predicted molar refractivity (Wildman–Crippen MR) is 49.6 cm³/mol. The molecule has 0 aliphatic heterocycles. The Bertz CT molecular complexity index is 737. The molecule has 0 fully saturated rings. The minimum absolute atomic E-state index is 0.180. The first kappa shape index (κ1) is 3.18. The van der Waals surface area contributed by atoms with Crippen molar-refractivity contribution < 1.29 is 19.5 Å². The molecule has 13 heavy (non-hydrogen) atoms. The van der Waals surface area contributed by atoms with Crippen LogP contribution >= 0.6 is 0 Å². The summed E-state index contributed by atoms with van der Waals surface area (Å²) in [5, 5.41) is 8.61. The number of carbonyl (C=O) groups is 1. The first-order valence-corrected chi connectivity index (χ1v) is 3.43. The molecule has 3 nitrogen and oxygen atoms in total. The number of aromatic amines is 1. The fourth-order valence-corrected chi connectivity index (χ4v) is 0.982. The molecule has 0 saturated carbocycles. The van der Waals surface area contributed by atoms with Crippen LogP contribution in [-0.2, 0) is 11.2 Å². The van der Waals surface area contributed by atoms with Crippen LogP contribution in [0.1, 0.15) is 15.2 Å². The van der Waals surface area contributed by atoms with Crippen molar-refractivity contribution in [2.24, 2.45) is 0 Å². The Morgan fingerprint density at radius 1 is 1.62 bits per heavy atom. The predicted octanol–water partition coefficient (Wildman–Crippen LogP) is 1.79. The highest BCUT2D eigenvalue weighted by Crippen LogP contribution is 2.17. The van der Waals surface area contributed by atoms with Crippen LogP contribution in [0.3, 0.4) is 0 Å². The molecule has 1 heterocycles. The van der Waals surface area contributed by atoms with Gasteiger partial charge in [0.2, 0.25) is 0 Å². The van der Waals surface area contributed by atoms with Crippen molar-refractivity contribution in [1.29, 1.82) is 0 Å². The van der Waals surface area contributed by atoms with E-state index in [2.05, 4.69) is 4.98 Å². The average Bonchev–Trinajstić information content (AvgIpc) is 2.71. The van der Waals surface area contributed by atoms with E-state index in [0.717, 1.165) is 0 Å². The van der Waals surface area contributed by atoms with Crippen LogP contribution < -0.4 is 0 Å². The van der Waals surface area contributed by atoms with E-state index in [1.165, 1.54) is 0 Å². The highest BCUT2D eigenvalue weighted by atomic mass is 16.4. The van der Waals surface area contributed by atoms with Crippen LogP contribution in [0.15, 0.2) is 30.3 Å². The maximum Gasteiger partial charge on any atom is 0.307 e. The second-order valence-electron chi connectivity index (χ2n) is 2.31. The lowest BCUT2D eigenvalue weighted by Gasteiger charge is -1.92. The Morgan fingerprint density at radius 2 is 2.38 bits per heavy atom. The minimum Gasteiger partial charge on any atom is -0.481 e. The van der Waals surface area contributed by atoms with Gasteiger partial charge >= 0.3 is 5.97 Å². The van der Waals surface area contributed by atoms with Crippen LogP contribution in [0, 0.1) is 0 Å². The molecule has 0 amide bonds. The number of nitrogens with one attached hydrogen (secondary N) is 1. The molecule has 0 saturated heterocycles. The molecule has 1 aromatic heterocycles. The van der Waals surface area contributed by atoms with Crippen LogP contribution in [0.2, 0.25) is 0 Å². The summed E-state index contributed by atoms with van der Waals surface area (Å²) in [4.78, 5) is 13.3. The summed E-state index contributed by atoms with van der Waals surface area (Å²) in [6, 6.07) is -2.19. The Kier molecular flexibility index (Phi) is 0.718. The topological polar surface area (TPSA) is 53.1 Å². The van der Waals surface area contributed by atoms with E-state index in [-0.39, 0.29) is 10.9 Å². The Labute approximate surface area is 84.8 Å². The molecule has 0 unspecified atom stereocenters. The maximum atomic E-state index is 11.0. The van der Waals surface area contributed by atoms with Gasteiger partial charge in [0.25, 0.3) is 0 Å². The third kappa shape index (κ3) is 1.40. The van der Waals surface area contributed by atoms with Crippen LogP contribution in [0.5, 0.6) is 0 Å². The molecule has 0 aliphatic carbocycles. The molecular weight excluding hydrogens is 166 g/mol. The first-order chi connectivity index (χ1) is 9.10. The molecule has 66 valence electrons. The van der Waals surface area contributed by atoms with E-state index in [1.807, 2.05) is 0 Å². The number of aliphatic carboxylic acids is 1. The molecule has 0 bridgehead atoms. The number of fused-ring (bicyclic) bond motifs is 1. The summed E-state index contributed by atoms with van der Waals surface area (Å²) in [5.74, 6) is -1.83. The number of para-hydroxylation sites is 1. The van der Waals surface area contributed by atoms with E-state index in [9.17, 15) is 4.79 Å². The second-order valence-corrected chi connectivity index (χ2v) is 2.31. The summed E-state index contributed by atoms with van der Waals surface area (Å²) in [6.07, 6.45) is -3.52. The van der Waals surface area contributed by atoms with Crippen molar-refractivity contribution in [2.45, 2.75) is 6.37 Å². The third-order valence-electron chi connectivity index (χ3n) is 1.48. The summed E-state index contributed by atoms with van der Waals surface area (Å²) in [6.45, 7) is 0. The van der Waals surface area contributed by atoms with Gasteiger partial charge < -0.3 is 10.1 Å². The standard InChI is InChI=1S/C10H9NO2/c12-10(13)5-7-6-11-9-4-2-1-3-8(7)9/h1-4,6,11H,5H2,(H,12,13)/i1D,2D,3D,4D,5D2,6D. The van der Waals surface area contributed by atoms with Gasteiger partial charge in [0.1, 0.15) is 0 Å². The van der Waals surface area contributed by atoms with Crippen LogP contribution in [0.4, 0.5) is 0 Å². The fraction of sp³-hybridized carbons (Fsp3) is 0.100. The van der Waals surface area contributed by atoms with Gasteiger partial charge in [-0.1, -0.05) is 18.1 Å². The smallest absolute Gasteiger partial charge is 0.307 e. The van der Waals surface area contributed by atoms with Crippen molar-refractivity contribution in [1.82, 2.24) is 4.98 Å². The molecular formula is C10H9NO2. The zero-order valence-electron chi connectivity index (χ0n) is 13.4. The molecule has 2 aromatic rings. The van der Waals surface area contributed by atoms with Gasteiger partial charge in [-0.05, 0) is 11.6 Å². The molecule has 0 aliphatic rings. The number of hydrogen-bond acceptors (Lipinski definition) is 1. The summed E-state index contributed by atoms with van der Waals surface area (Å²) >= 11 is 0. The number of benzene rings is 1. The zero-order chi connectivity index (χ0) is 15.4. The van der Waals surface area contributed by atoms with Gasteiger partial charge in [-0.3, -0.25) is 4.79 Å². The zero-order valence-corrected chi connectivity index (χ0v) is 6.36. The SMILES string of the molecule is [2H]c1[nH]c2c([2H])c([2H])c([2H])c([2H])c2c1C([2H])([2H])C(=O)O. The van der Waals surface area contributed by atoms with Gasteiger partial charge in [-0.15, -0.1) is 0 Å². The maximum absolute atomic E-state index is 11.0. The van der Waals surface area contributed by atoms with E-state index < -0.39 is 48.2 Å². The Hall–Kier alpha value is -1.77. The quantitative estimate of drug-likeness (QED) is 0.744. The first-order valence-electron chi connectivity index (χ1n) is 6.93. The molecule has 2 rings (SSSR count). The fourth-order valence-electron chi connectivity index (χ4n) is 0.982. The van der Waals surface area contributed by atoms with Gasteiger partial charge in [0, 0.05) is 19.8 Å². The molecule has 2 N–H and O–H groups in total. The number of carboxylic acids is 1. The molecule has 0 radical (unpaired) electrons. The highest BCUT2D eigenvalue weighted by Gasteiger charge is 2.05. The van der Waals surface area contributed by atoms with Crippen molar-refractivity contribution in [2.75, 3.05) is 0 Å². The van der Waals surface area contributed by atoms with E-state index in [1.54, 1.807) is 0 Å². The lowest BCUT2D eigenvalue weighted by atomic mass is 10.1. The summed E-state index contributed by atoms with van der Waals surface area (Å²) < 4.78 is 53.2. The molecule has 0 spiro atoms. The van der Waals surface area contributed by atoms with Crippen molar-refractivity contribution in [3.63, 3.8) is 0 Å². The van der Waals surface area contributed by atoms with Crippen molar-refractivity contribution in [3.05, 3.63) is 35.9 Å². The van der Waals surface area contributed by atoms with Crippen molar-refractivity contribution in [3.8, 4) is 0 Å². The van der Waals surface area contributed by atoms with E-state index >= 15 is 0 Å². The second kappa shape index (κ2) is 2.94. The summed E-state index contributed by atoms with van der Waals surface area (Å²) in [5.41, 5.74) is -0.784.